The third kappa shape index (κ3) is 15.0. The second-order valence-electron chi connectivity index (χ2n) is 20.8. The number of nitrogens with zero attached hydrogens (tertiary/aromatic N) is 9. The molecule has 3 aliphatic heterocycles. The predicted octanol–water partition coefficient (Wildman–Crippen LogP) is 5.99. The molecular weight excluding hydrogens is 1140 g/mol. The molecule has 0 bridgehead atoms. The van der Waals surface area contributed by atoms with Crippen molar-refractivity contribution < 1.29 is 40.6 Å². The Morgan fingerprint density at radius 2 is 0.783 bits per heavy atom. The standard InChI is InChI=1S/C22H25N5O4S.C20H26N2O4S.C16H18N2O4S2/c1-16-3-6-19(7-4-16)32(30,31)27-10-9-18(21(28)22(27)29)15-25-11-13-26(14-12-25)20-8-5-17(2)23-24-20;1-16-7-9-18(10-8-16)27(25,26)22-14-11-17(19(23)20(22)24)15-21-12-5-3-2-4-6-13-21;1-12-2-4-14(5-3-12)24(21,22)18-7-6-13(15(19)16(18)20)10-17-8-9-23-11-17/h3-10,28H,11-15H2,1-2H3;7-11,14,23H,2-6,12-13,15H2,1H3;2-7,19H,8-11H2,1H3. The second-order valence-corrected chi connectivity index (χ2v) is 27.3. The second kappa shape index (κ2) is 27.1. The van der Waals surface area contributed by atoms with Crippen molar-refractivity contribution in [3.63, 3.8) is 0 Å². The molecule has 0 amide bonds. The molecule has 83 heavy (non-hydrogen) atoms. The van der Waals surface area contributed by atoms with E-state index >= 15 is 0 Å². The van der Waals surface area contributed by atoms with Gasteiger partial charge in [0.2, 0.25) is 0 Å². The van der Waals surface area contributed by atoms with Crippen molar-refractivity contribution in [1.29, 1.82) is 0 Å². The average molecular weight is 1210 g/mol. The Bertz CT molecular complexity index is 3910. The van der Waals surface area contributed by atoms with Gasteiger partial charge in [0.05, 0.1) is 20.4 Å². The molecule has 7 aromatic rings. The van der Waals surface area contributed by atoms with Crippen molar-refractivity contribution in [2.75, 3.05) is 62.3 Å². The SMILES string of the molecule is Cc1ccc(S(=O)(=O)n2ccc(CN3CCCCCCC3)c(O)c2=O)cc1.Cc1ccc(S(=O)(=O)n2ccc(CN3CCN(c4ccc(C)nn4)CC3)c(O)c2=O)cc1.Cc1ccc(S(=O)(=O)n2ccc(CN3CCSC3)c(O)c2=O)cc1. The van der Waals surface area contributed by atoms with Crippen LogP contribution in [-0.2, 0) is 49.7 Å². The Balaban J connectivity index is 0.000000164. The molecular formula is C58H69N9O12S4. The van der Waals surface area contributed by atoms with E-state index < -0.39 is 64.0 Å². The lowest BCUT2D eigenvalue weighted by Gasteiger charge is -2.35. The molecule has 25 heteroatoms. The number of piperazine rings is 1. The van der Waals surface area contributed by atoms with Crippen LogP contribution in [0.1, 0.15) is 71.2 Å². The molecule has 3 N–H and O–H groups in total. The monoisotopic (exact) mass is 1210 g/mol. The molecule has 21 nitrogen and oxygen atoms in total. The van der Waals surface area contributed by atoms with Gasteiger partial charge in [-0.3, -0.25) is 29.1 Å². The van der Waals surface area contributed by atoms with E-state index in [9.17, 15) is 55.0 Å². The third-order valence-electron chi connectivity index (χ3n) is 14.5. The summed E-state index contributed by atoms with van der Waals surface area (Å²) in [5.41, 5.74) is 2.15. The molecule has 3 fully saturated rings. The lowest BCUT2D eigenvalue weighted by molar-refractivity contribution is 0.236. The molecule has 0 radical (unpaired) electrons. The third-order valence-corrected chi connectivity index (χ3v) is 20.6. The van der Waals surface area contributed by atoms with Crippen molar-refractivity contribution in [2.45, 2.75) is 94.1 Å². The summed E-state index contributed by atoms with van der Waals surface area (Å²) in [7, 11) is -12.2. The zero-order chi connectivity index (χ0) is 59.6. The van der Waals surface area contributed by atoms with Crippen molar-refractivity contribution >= 4 is 47.6 Å². The molecule has 4 aromatic heterocycles. The molecule has 3 aliphatic rings. The van der Waals surface area contributed by atoms with Gasteiger partial charge in [0.25, 0.3) is 30.1 Å². The Morgan fingerprint density at radius 1 is 0.422 bits per heavy atom. The van der Waals surface area contributed by atoms with E-state index in [0.29, 0.717) is 61.3 Å². The summed E-state index contributed by atoms with van der Waals surface area (Å²) >= 11 is 1.78. The van der Waals surface area contributed by atoms with Gasteiger partial charge in [0, 0.05) is 99.3 Å². The van der Waals surface area contributed by atoms with Gasteiger partial charge in [-0.1, -0.05) is 72.4 Å². The number of pyridine rings is 3. The maximum atomic E-state index is 12.8. The summed E-state index contributed by atoms with van der Waals surface area (Å²) in [5, 5.41) is 39.3. The maximum Gasteiger partial charge on any atom is 0.306 e. The summed E-state index contributed by atoms with van der Waals surface area (Å²) in [6.45, 7) is 14.3. The average Bonchev–Trinajstić information content (AvgIpc) is 4.10. The van der Waals surface area contributed by atoms with Crippen LogP contribution in [-0.4, -0.2) is 135 Å². The highest BCUT2D eigenvalue weighted by atomic mass is 32.2. The molecule has 0 saturated carbocycles. The number of aromatic hydroxyl groups is 3. The van der Waals surface area contributed by atoms with Crippen LogP contribution in [0.15, 0.2) is 151 Å². The molecule has 0 aliphatic carbocycles. The van der Waals surface area contributed by atoms with E-state index in [1.54, 1.807) is 48.2 Å². The molecule has 0 atom stereocenters. The molecule has 3 aromatic carbocycles. The number of benzene rings is 3. The Labute approximate surface area is 487 Å². The van der Waals surface area contributed by atoms with E-state index in [4.69, 9.17) is 0 Å². The number of aromatic nitrogens is 5. The quantitative estimate of drug-likeness (QED) is 0.120. The largest absolute Gasteiger partial charge is 0.503 e. The summed E-state index contributed by atoms with van der Waals surface area (Å²) in [4.78, 5) is 46.2. The van der Waals surface area contributed by atoms with Gasteiger partial charge >= 0.3 is 16.7 Å². The van der Waals surface area contributed by atoms with Gasteiger partial charge in [-0.05, 0) is 120 Å². The van der Waals surface area contributed by atoms with Crippen molar-refractivity contribution in [1.82, 2.24) is 36.8 Å². The van der Waals surface area contributed by atoms with Crippen LogP contribution in [0.5, 0.6) is 17.2 Å². The van der Waals surface area contributed by atoms with Gasteiger partial charge in [0.15, 0.2) is 23.1 Å². The molecule has 442 valence electrons. The number of likely N-dealkylation sites (tertiary alicyclic amines) is 1. The molecule has 0 unspecified atom stereocenters. The number of rotatable bonds is 13. The molecule has 7 heterocycles. The normalized spacial score (nSPS) is 15.8. The summed E-state index contributed by atoms with van der Waals surface area (Å²) in [6, 6.07) is 27.1. The number of hydrogen-bond donors (Lipinski definition) is 3. The minimum absolute atomic E-state index is 0.00678. The van der Waals surface area contributed by atoms with Crippen LogP contribution in [0, 0.1) is 27.7 Å². The highest BCUT2D eigenvalue weighted by Crippen LogP contribution is 2.25. The van der Waals surface area contributed by atoms with Gasteiger partial charge in [-0.25, -0.2) is 37.2 Å². The zero-order valence-corrected chi connectivity index (χ0v) is 50.0. The van der Waals surface area contributed by atoms with E-state index in [1.807, 2.05) is 39.8 Å². The van der Waals surface area contributed by atoms with E-state index in [-0.39, 0.29) is 14.7 Å². The fourth-order valence-corrected chi connectivity index (χ4v) is 14.2. The van der Waals surface area contributed by atoms with Crippen molar-refractivity contribution in [3.8, 4) is 17.2 Å². The highest BCUT2D eigenvalue weighted by Gasteiger charge is 2.27. The first-order valence-corrected chi connectivity index (χ1v) is 32.6. The van der Waals surface area contributed by atoms with Crippen molar-refractivity contribution in [2.24, 2.45) is 0 Å². The fraction of sp³-hybridized carbons (Fsp3) is 0.362. The summed E-state index contributed by atoms with van der Waals surface area (Å²) in [6.07, 6.45) is 9.51. The minimum atomic E-state index is -4.09. The van der Waals surface area contributed by atoms with Gasteiger partial charge in [-0.2, -0.15) is 5.10 Å². The predicted molar refractivity (Wildman–Crippen MR) is 319 cm³/mol. The number of anilines is 1. The number of aryl methyl sites for hydroxylation is 4. The first kappa shape index (κ1) is 61.9. The summed E-state index contributed by atoms with van der Waals surface area (Å²) in [5.74, 6) is 1.13. The fourth-order valence-electron chi connectivity index (χ4n) is 9.53. The summed E-state index contributed by atoms with van der Waals surface area (Å²) < 4.78 is 78.2. The van der Waals surface area contributed by atoms with Gasteiger partial charge in [0.1, 0.15) is 0 Å². The number of hydrogen-bond acceptors (Lipinski definition) is 19. The first-order chi connectivity index (χ1) is 39.5. The topological polar surface area (TPSA) is 268 Å². The highest BCUT2D eigenvalue weighted by molar-refractivity contribution is 7.99. The molecule has 3 saturated heterocycles. The smallest absolute Gasteiger partial charge is 0.306 e. The van der Waals surface area contributed by atoms with Gasteiger partial charge < -0.3 is 20.2 Å². The van der Waals surface area contributed by atoms with Gasteiger partial charge in [-0.15, -0.1) is 16.9 Å². The number of thioether (sulfide) groups is 1. The van der Waals surface area contributed by atoms with E-state index in [2.05, 4.69) is 29.8 Å². The van der Waals surface area contributed by atoms with E-state index in [1.165, 1.54) is 92.5 Å². The van der Waals surface area contributed by atoms with Crippen LogP contribution in [0.2, 0.25) is 0 Å². The van der Waals surface area contributed by atoms with Crippen LogP contribution in [0.3, 0.4) is 0 Å². The van der Waals surface area contributed by atoms with Crippen LogP contribution >= 0.6 is 11.8 Å². The Kier molecular flexibility index (Phi) is 20.2. The molecule has 10 rings (SSSR count). The lowest BCUT2D eigenvalue weighted by atomic mass is 10.1. The Hall–Kier alpha value is -7.13. The van der Waals surface area contributed by atoms with Crippen LogP contribution < -0.4 is 21.6 Å². The maximum absolute atomic E-state index is 12.8. The minimum Gasteiger partial charge on any atom is -0.503 e. The zero-order valence-electron chi connectivity index (χ0n) is 46.7. The Morgan fingerprint density at radius 3 is 1.13 bits per heavy atom. The van der Waals surface area contributed by atoms with Crippen LogP contribution in [0.4, 0.5) is 5.82 Å². The van der Waals surface area contributed by atoms with Crippen LogP contribution in [0.25, 0.3) is 0 Å². The van der Waals surface area contributed by atoms with E-state index in [0.717, 1.165) is 85.4 Å². The first-order valence-electron chi connectivity index (χ1n) is 27.1. The van der Waals surface area contributed by atoms with Crippen molar-refractivity contribution in [3.05, 3.63) is 192 Å². The molecule has 0 spiro atoms. The lowest BCUT2D eigenvalue weighted by Crippen LogP contribution is -2.46.